The molecule has 0 aliphatic rings. The number of nitrogens with one attached hydrogen (secondary N) is 1. The Hall–Kier alpha value is -0.910. The molecule has 0 saturated carbocycles. The van der Waals surface area contributed by atoms with Crippen LogP contribution < -0.4 is 11.1 Å². The molecule has 3 N–H and O–H groups in total. The summed E-state index contributed by atoms with van der Waals surface area (Å²) in [6, 6.07) is 4.30. The lowest BCUT2D eigenvalue weighted by molar-refractivity contribution is -0.122. The van der Waals surface area contributed by atoms with E-state index >= 15 is 0 Å². The molecule has 1 amide bonds. The molecule has 1 unspecified atom stereocenters. The van der Waals surface area contributed by atoms with Crippen molar-refractivity contribution >= 4 is 17.2 Å². The number of carbonyl (C=O) groups excluding carboxylic acids is 1. The lowest BCUT2D eigenvalue weighted by Gasteiger charge is -2.25. The molecule has 1 aromatic rings. The molecule has 0 aliphatic heterocycles. The lowest BCUT2D eigenvalue weighted by Crippen LogP contribution is -2.39. The molecule has 96 valence electrons. The van der Waals surface area contributed by atoms with Crippen LogP contribution in [0.1, 0.15) is 22.7 Å². The normalized spacial score (nSPS) is 12.8. The Morgan fingerprint density at radius 3 is 2.76 bits per heavy atom. The zero-order chi connectivity index (χ0) is 12.8. The highest BCUT2D eigenvalue weighted by Gasteiger charge is 2.18. The van der Waals surface area contributed by atoms with Crippen molar-refractivity contribution in [3.63, 3.8) is 0 Å². The maximum absolute atomic E-state index is 11.5. The predicted molar refractivity (Wildman–Crippen MR) is 72.2 cm³/mol. The van der Waals surface area contributed by atoms with Crippen LogP contribution in [0, 0.1) is 6.92 Å². The summed E-state index contributed by atoms with van der Waals surface area (Å²) in [6.07, 6.45) is 0. The van der Waals surface area contributed by atoms with E-state index in [0.717, 1.165) is 0 Å². The van der Waals surface area contributed by atoms with Crippen molar-refractivity contribution in [1.82, 2.24) is 10.2 Å². The second-order valence-corrected chi connectivity index (χ2v) is 5.39. The molecule has 0 fully saturated rings. The van der Waals surface area contributed by atoms with Crippen LogP contribution in [0.15, 0.2) is 12.1 Å². The summed E-state index contributed by atoms with van der Waals surface area (Å²) in [5.41, 5.74) is 5.80. The zero-order valence-electron chi connectivity index (χ0n) is 10.7. The van der Waals surface area contributed by atoms with E-state index in [0.29, 0.717) is 19.6 Å². The largest absolute Gasteiger partial charge is 0.355 e. The molecule has 0 aromatic carbocycles. The van der Waals surface area contributed by atoms with Crippen LogP contribution in [-0.2, 0) is 4.79 Å². The molecular weight excluding hydrogens is 234 g/mol. The van der Waals surface area contributed by atoms with Crippen LogP contribution in [0.3, 0.4) is 0 Å². The summed E-state index contributed by atoms with van der Waals surface area (Å²) < 4.78 is 0. The number of hydrogen-bond donors (Lipinski definition) is 2. The molecule has 0 aliphatic carbocycles. The van der Waals surface area contributed by atoms with Crippen LogP contribution >= 0.6 is 11.3 Å². The minimum atomic E-state index is 0.0433. The highest BCUT2D eigenvalue weighted by Crippen LogP contribution is 2.25. The Labute approximate surface area is 107 Å². The first-order valence-corrected chi connectivity index (χ1v) is 6.63. The van der Waals surface area contributed by atoms with E-state index in [2.05, 4.69) is 24.4 Å². The summed E-state index contributed by atoms with van der Waals surface area (Å²) in [5, 5.41) is 2.79. The van der Waals surface area contributed by atoms with Crippen LogP contribution in [0.2, 0.25) is 0 Å². The molecule has 0 saturated heterocycles. The maximum atomic E-state index is 11.5. The molecule has 0 radical (unpaired) electrons. The van der Waals surface area contributed by atoms with Crippen LogP contribution in [0.4, 0.5) is 0 Å². The zero-order valence-corrected chi connectivity index (χ0v) is 11.5. The van der Waals surface area contributed by atoms with Crippen LogP contribution in [0.5, 0.6) is 0 Å². The average molecular weight is 255 g/mol. The van der Waals surface area contributed by atoms with Crippen molar-refractivity contribution in [3.8, 4) is 0 Å². The quantitative estimate of drug-likeness (QED) is 0.801. The van der Waals surface area contributed by atoms with E-state index in [1.54, 1.807) is 11.3 Å². The molecule has 0 bridgehead atoms. The van der Waals surface area contributed by atoms with Crippen LogP contribution in [0.25, 0.3) is 0 Å². The molecule has 1 heterocycles. The number of rotatable bonds is 6. The number of nitrogens with zero attached hydrogens (tertiary/aromatic N) is 1. The minimum absolute atomic E-state index is 0.0433. The van der Waals surface area contributed by atoms with Gasteiger partial charge >= 0.3 is 0 Å². The first kappa shape index (κ1) is 14.2. The molecule has 1 rings (SSSR count). The topological polar surface area (TPSA) is 58.4 Å². The molecule has 1 atom stereocenters. The van der Waals surface area contributed by atoms with Gasteiger partial charge in [0, 0.05) is 22.8 Å². The van der Waals surface area contributed by atoms with Crippen molar-refractivity contribution in [2.24, 2.45) is 5.73 Å². The fraction of sp³-hybridized carbons (Fsp3) is 0.583. The van der Waals surface area contributed by atoms with Crippen LogP contribution in [-0.4, -0.2) is 37.5 Å². The monoisotopic (exact) mass is 255 g/mol. The van der Waals surface area contributed by atoms with Gasteiger partial charge < -0.3 is 11.1 Å². The molecule has 17 heavy (non-hydrogen) atoms. The third-order valence-corrected chi connectivity index (χ3v) is 3.71. The second kappa shape index (κ2) is 6.74. The fourth-order valence-corrected chi connectivity index (χ4v) is 2.79. The number of carbonyl (C=O) groups is 1. The number of nitrogens with two attached hydrogens (primary N) is 1. The molecule has 5 heteroatoms. The first-order chi connectivity index (χ1) is 8.08. The average Bonchev–Trinajstić information content (AvgIpc) is 2.66. The summed E-state index contributed by atoms with van der Waals surface area (Å²) in [4.78, 5) is 16.0. The van der Waals surface area contributed by atoms with Crippen molar-refractivity contribution in [1.29, 1.82) is 0 Å². The molecule has 0 spiro atoms. The highest BCUT2D eigenvalue weighted by molar-refractivity contribution is 7.12. The number of aryl methyl sites for hydroxylation is 1. The van der Waals surface area contributed by atoms with Gasteiger partial charge in [-0.05, 0) is 33.0 Å². The lowest BCUT2D eigenvalue weighted by atomic mass is 10.2. The van der Waals surface area contributed by atoms with Crippen molar-refractivity contribution in [3.05, 3.63) is 21.9 Å². The summed E-state index contributed by atoms with van der Waals surface area (Å²) in [5.74, 6) is 0.0433. The van der Waals surface area contributed by atoms with Crippen molar-refractivity contribution in [2.75, 3.05) is 26.7 Å². The van der Waals surface area contributed by atoms with Crippen molar-refractivity contribution in [2.45, 2.75) is 19.9 Å². The predicted octanol–water partition coefficient (Wildman–Crippen LogP) is 1.12. The third-order valence-electron chi connectivity index (χ3n) is 2.61. The Morgan fingerprint density at radius 2 is 2.29 bits per heavy atom. The Bertz CT molecular complexity index is 364. The SMILES string of the molecule is CCNC(=O)CN(C)C(CN)c1ccc(C)s1. The minimum Gasteiger partial charge on any atom is -0.355 e. The van der Waals surface area contributed by atoms with Gasteiger partial charge in [-0.25, -0.2) is 0 Å². The number of thiophene rings is 1. The van der Waals surface area contributed by atoms with Gasteiger partial charge in [-0.1, -0.05) is 0 Å². The van der Waals surface area contributed by atoms with E-state index in [9.17, 15) is 4.79 Å². The van der Waals surface area contributed by atoms with Gasteiger partial charge in [0.1, 0.15) is 0 Å². The summed E-state index contributed by atoms with van der Waals surface area (Å²) >= 11 is 1.74. The van der Waals surface area contributed by atoms with E-state index in [1.165, 1.54) is 9.75 Å². The molecule has 1 aromatic heterocycles. The smallest absolute Gasteiger partial charge is 0.234 e. The number of likely N-dealkylation sites (N-methyl/N-ethyl adjacent to an activating group) is 2. The maximum Gasteiger partial charge on any atom is 0.234 e. The fourth-order valence-electron chi connectivity index (χ4n) is 1.74. The highest BCUT2D eigenvalue weighted by atomic mass is 32.1. The third kappa shape index (κ3) is 4.11. The Morgan fingerprint density at radius 1 is 1.59 bits per heavy atom. The van der Waals surface area contributed by atoms with Gasteiger partial charge in [0.25, 0.3) is 0 Å². The molecular formula is C12H21N3OS. The summed E-state index contributed by atoms with van der Waals surface area (Å²) in [7, 11) is 1.93. The van der Waals surface area contributed by atoms with Gasteiger partial charge in [-0.15, -0.1) is 11.3 Å². The van der Waals surface area contributed by atoms with Gasteiger partial charge in [0.05, 0.1) is 12.6 Å². The number of hydrogen-bond acceptors (Lipinski definition) is 4. The van der Waals surface area contributed by atoms with Crippen molar-refractivity contribution < 1.29 is 4.79 Å². The van der Waals surface area contributed by atoms with E-state index in [-0.39, 0.29) is 11.9 Å². The second-order valence-electron chi connectivity index (χ2n) is 4.07. The van der Waals surface area contributed by atoms with Gasteiger partial charge in [0.2, 0.25) is 5.91 Å². The van der Waals surface area contributed by atoms with E-state index < -0.39 is 0 Å². The Kier molecular flexibility index (Phi) is 5.61. The standard InChI is InChI=1S/C12H21N3OS/c1-4-14-12(16)8-15(3)10(7-13)11-6-5-9(2)17-11/h5-6,10H,4,7-8,13H2,1-3H3,(H,14,16). The molecule has 4 nitrogen and oxygen atoms in total. The Balaban J connectivity index is 2.64. The van der Waals surface area contributed by atoms with E-state index in [1.807, 2.05) is 18.9 Å². The summed E-state index contributed by atoms with van der Waals surface area (Å²) in [6.45, 7) is 5.56. The number of amides is 1. The van der Waals surface area contributed by atoms with Gasteiger partial charge in [-0.3, -0.25) is 9.69 Å². The van der Waals surface area contributed by atoms with E-state index in [4.69, 9.17) is 5.73 Å². The first-order valence-electron chi connectivity index (χ1n) is 5.81. The van der Waals surface area contributed by atoms with Gasteiger partial charge in [-0.2, -0.15) is 0 Å². The van der Waals surface area contributed by atoms with Gasteiger partial charge in [0.15, 0.2) is 0 Å².